The number of esters is 1. The highest BCUT2D eigenvalue weighted by Gasteiger charge is 2.31. The predicted octanol–water partition coefficient (Wildman–Crippen LogP) is 8.47. The number of carbonyl (C=O) groups is 1. The van der Waals surface area contributed by atoms with Crippen LogP contribution in [0, 0.1) is 0 Å². The van der Waals surface area contributed by atoms with Crippen LogP contribution in [0.15, 0.2) is 60.7 Å². The van der Waals surface area contributed by atoms with E-state index in [0.717, 1.165) is 24.8 Å². The van der Waals surface area contributed by atoms with E-state index in [4.69, 9.17) is 20.5 Å². The summed E-state index contributed by atoms with van der Waals surface area (Å²) in [5.74, 6) is -0.107. The lowest BCUT2D eigenvalue weighted by Crippen LogP contribution is -2.38. The molecule has 0 radical (unpaired) electrons. The topological polar surface area (TPSA) is 64.6 Å². The lowest BCUT2D eigenvalue weighted by molar-refractivity contribution is -0.145. The third-order valence-corrected chi connectivity index (χ3v) is 7.40. The highest BCUT2D eigenvalue weighted by Crippen LogP contribution is 2.48. The zero-order valence-corrected chi connectivity index (χ0v) is 22.7. The number of benzene rings is 2. The van der Waals surface area contributed by atoms with Crippen LogP contribution >= 0.6 is 18.1 Å². The Labute approximate surface area is 216 Å². The summed E-state index contributed by atoms with van der Waals surface area (Å²) in [5, 5.41) is 2.71. The Morgan fingerprint density at radius 3 is 1.91 bits per heavy atom. The first-order valence-electron chi connectivity index (χ1n) is 13.0. The summed E-state index contributed by atoms with van der Waals surface area (Å²) in [4.78, 5) is 12.8. The van der Waals surface area contributed by atoms with E-state index in [9.17, 15) is 9.36 Å². The van der Waals surface area contributed by atoms with Crippen LogP contribution < -0.4 is 9.61 Å². The van der Waals surface area contributed by atoms with Gasteiger partial charge in [0.1, 0.15) is 11.8 Å². The lowest BCUT2D eigenvalue weighted by atomic mass is 10.1. The number of hydrogen-bond donors (Lipinski definition) is 1. The normalized spacial score (nSPS) is 13.7. The number of ether oxygens (including phenoxy) is 1. The zero-order chi connectivity index (χ0) is 25.2. The van der Waals surface area contributed by atoms with E-state index in [0.29, 0.717) is 18.8 Å². The van der Waals surface area contributed by atoms with Crippen LogP contribution in [-0.4, -0.2) is 18.6 Å². The molecule has 7 heteroatoms. The smallest absolute Gasteiger partial charge is 0.409 e. The maximum Gasteiger partial charge on any atom is 0.409 e. The highest BCUT2D eigenvalue weighted by atomic mass is 35.7. The van der Waals surface area contributed by atoms with Crippen LogP contribution in [0.2, 0.25) is 0 Å². The molecule has 0 spiro atoms. The van der Waals surface area contributed by atoms with Crippen molar-refractivity contribution in [2.45, 2.75) is 90.0 Å². The van der Waals surface area contributed by atoms with Crippen molar-refractivity contribution in [1.29, 1.82) is 0 Å². The highest BCUT2D eigenvalue weighted by molar-refractivity contribution is 7.84. The molecule has 5 nitrogen and oxygen atoms in total. The summed E-state index contributed by atoms with van der Waals surface area (Å²) in [7, 11) is 0. The van der Waals surface area contributed by atoms with E-state index in [1.807, 2.05) is 36.4 Å². The summed E-state index contributed by atoms with van der Waals surface area (Å²) in [6.07, 6.45) is 13.8. The number of unbranched alkanes of at least 4 members (excludes halogenated alkanes) is 10. The molecule has 0 aliphatic carbocycles. The van der Waals surface area contributed by atoms with Gasteiger partial charge in [-0.15, -0.1) is 0 Å². The summed E-state index contributed by atoms with van der Waals surface area (Å²) >= 11 is 6.17. The minimum absolute atomic E-state index is 0.298. The zero-order valence-electron chi connectivity index (χ0n) is 21.0. The molecular formula is C28H41ClNO4P. The lowest BCUT2D eigenvalue weighted by Gasteiger charge is -2.21. The van der Waals surface area contributed by atoms with E-state index in [2.05, 4.69) is 12.0 Å². The molecule has 0 heterocycles. The third kappa shape index (κ3) is 13.8. The van der Waals surface area contributed by atoms with Crippen molar-refractivity contribution in [3.05, 3.63) is 66.2 Å². The van der Waals surface area contributed by atoms with Gasteiger partial charge in [0.25, 0.3) is 0 Å². The molecule has 0 aliphatic rings. The van der Waals surface area contributed by atoms with Crippen molar-refractivity contribution in [1.82, 2.24) is 5.09 Å². The Bertz CT molecular complexity index is 866. The van der Waals surface area contributed by atoms with Crippen molar-refractivity contribution in [3.8, 4) is 5.75 Å². The van der Waals surface area contributed by atoms with Crippen LogP contribution in [0.1, 0.15) is 83.1 Å². The predicted molar refractivity (Wildman–Crippen MR) is 145 cm³/mol. The minimum Gasteiger partial charge on any atom is -0.465 e. The van der Waals surface area contributed by atoms with Gasteiger partial charge in [-0.3, -0.25) is 4.79 Å². The van der Waals surface area contributed by atoms with Crippen LogP contribution in [0.4, 0.5) is 0 Å². The maximum atomic E-state index is 12.9. The van der Waals surface area contributed by atoms with E-state index in [1.165, 1.54) is 51.4 Å². The molecule has 2 aromatic carbocycles. The molecular weight excluding hydrogens is 481 g/mol. The summed E-state index contributed by atoms with van der Waals surface area (Å²) < 4.78 is 23.8. The van der Waals surface area contributed by atoms with Crippen LogP contribution in [0.3, 0.4) is 0 Å². The SMILES string of the molecule is CCCCCCCCCCCCCOC(=O)[C@H](Cc1ccccc1)NP(=O)(Cl)Oc1ccccc1. The van der Waals surface area contributed by atoms with Crippen molar-refractivity contribution in [2.24, 2.45) is 0 Å². The number of rotatable bonds is 19. The molecule has 0 fully saturated rings. The molecule has 1 N–H and O–H groups in total. The van der Waals surface area contributed by atoms with Gasteiger partial charge < -0.3 is 9.26 Å². The van der Waals surface area contributed by atoms with Gasteiger partial charge in [0.15, 0.2) is 0 Å². The van der Waals surface area contributed by atoms with E-state index in [1.54, 1.807) is 24.3 Å². The molecule has 0 saturated heterocycles. The molecule has 0 aliphatic heterocycles. The van der Waals surface area contributed by atoms with Gasteiger partial charge in [0, 0.05) is 11.2 Å². The second-order valence-electron chi connectivity index (χ2n) is 8.96. The minimum atomic E-state index is -3.81. The molecule has 194 valence electrons. The quantitative estimate of drug-likeness (QED) is 0.114. The molecule has 2 aromatic rings. The van der Waals surface area contributed by atoms with E-state index >= 15 is 0 Å². The van der Waals surface area contributed by atoms with Gasteiger partial charge in [-0.25, -0.2) is 9.65 Å². The number of para-hydroxylation sites is 1. The van der Waals surface area contributed by atoms with Gasteiger partial charge in [0.2, 0.25) is 0 Å². The van der Waals surface area contributed by atoms with Gasteiger partial charge in [-0.1, -0.05) is 120 Å². The Kier molecular flexibility index (Phi) is 14.8. The Hall–Kier alpha value is -1.81. The first-order valence-corrected chi connectivity index (χ1v) is 15.6. The first-order chi connectivity index (χ1) is 17.0. The Morgan fingerprint density at radius 1 is 0.829 bits per heavy atom. The van der Waals surface area contributed by atoms with Crippen LogP contribution in [-0.2, 0) is 20.5 Å². The maximum absolute atomic E-state index is 12.9. The molecule has 0 saturated carbocycles. The van der Waals surface area contributed by atoms with Gasteiger partial charge in [-0.05, 0) is 30.5 Å². The molecule has 2 rings (SSSR count). The fourth-order valence-corrected chi connectivity index (χ4v) is 5.51. The Morgan fingerprint density at radius 2 is 1.34 bits per heavy atom. The molecule has 0 amide bonds. The standard InChI is InChI=1S/C28H41ClNO4P/c1-2-3-4-5-6-7-8-9-10-11-18-23-33-28(31)27(24-25-19-14-12-15-20-25)30-35(29,32)34-26-21-16-13-17-22-26/h12-17,19-22,27H,2-11,18,23-24H2,1H3,(H,30,32)/t27-,35?/m0/s1. The second kappa shape index (κ2) is 17.6. The number of carbonyl (C=O) groups excluding carboxylic acids is 1. The van der Waals surface area contributed by atoms with E-state index in [-0.39, 0.29) is 0 Å². The molecule has 0 aromatic heterocycles. The average Bonchev–Trinajstić information content (AvgIpc) is 2.85. The van der Waals surface area contributed by atoms with Crippen molar-refractivity contribution in [3.63, 3.8) is 0 Å². The molecule has 35 heavy (non-hydrogen) atoms. The molecule has 0 bridgehead atoms. The van der Waals surface area contributed by atoms with Crippen molar-refractivity contribution >= 4 is 24.1 Å². The van der Waals surface area contributed by atoms with Crippen molar-refractivity contribution < 1.29 is 18.6 Å². The first kappa shape index (κ1) is 29.4. The monoisotopic (exact) mass is 521 g/mol. The van der Waals surface area contributed by atoms with Crippen molar-refractivity contribution in [2.75, 3.05) is 6.61 Å². The summed E-state index contributed by atoms with van der Waals surface area (Å²) in [6.45, 7) is -1.22. The van der Waals surface area contributed by atoms with E-state index < -0.39 is 18.9 Å². The van der Waals surface area contributed by atoms with Gasteiger partial charge in [0.05, 0.1) is 6.61 Å². The fraction of sp³-hybridized carbons (Fsp3) is 0.536. The van der Waals surface area contributed by atoms with Gasteiger partial charge in [-0.2, -0.15) is 0 Å². The molecule has 2 atom stereocenters. The fourth-order valence-electron chi connectivity index (χ4n) is 3.90. The second-order valence-corrected chi connectivity index (χ2v) is 11.7. The number of halogens is 1. The summed E-state index contributed by atoms with van der Waals surface area (Å²) in [6, 6.07) is 17.3. The summed E-state index contributed by atoms with van der Waals surface area (Å²) in [5.41, 5.74) is 0.910. The van der Waals surface area contributed by atoms with Gasteiger partial charge >= 0.3 is 12.8 Å². The average molecular weight is 522 g/mol. The molecule has 1 unspecified atom stereocenters. The third-order valence-electron chi connectivity index (χ3n) is 5.84. The number of nitrogens with one attached hydrogen (secondary N) is 1. The van der Waals surface area contributed by atoms with Crippen LogP contribution in [0.25, 0.3) is 0 Å². The Balaban J connectivity index is 1.74. The van der Waals surface area contributed by atoms with Crippen LogP contribution in [0.5, 0.6) is 5.75 Å². The largest absolute Gasteiger partial charge is 0.465 e. The number of hydrogen-bond acceptors (Lipinski definition) is 4.